The number of aromatic nitrogens is 1. The SMILES string of the molecule is Cc1nc(-c2ccc(Cl)cc2F)sc1CN. The molecule has 2 N–H and O–H groups in total. The van der Waals surface area contributed by atoms with E-state index in [2.05, 4.69) is 4.98 Å². The highest BCUT2D eigenvalue weighted by Gasteiger charge is 2.12. The first kappa shape index (κ1) is 11.5. The Balaban J connectivity index is 2.50. The van der Waals surface area contributed by atoms with Crippen molar-refractivity contribution in [3.63, 3.8) is 0 Å². The monoisotopic (exact) mass is 256 g/mol. The van der Waals surface area contributed by atoms with Crippen LogP contribution < -0.4 is 5.73 Å². The highest BCUT2D eigenvalue weighted by atomic mass is 35.5. The molecule has 0 aliphatic rings. The summed E-state index contributed by atoms with van der Waals surface area (Å²) in [6, 6.07) is 4.57. The molecule has 1 aromatic heterocycles. The van der Waals surface area contributed by atoms with Crippen LogP contribution in [0.5, 0.6) is 0 Å². The minimum Gasteiger partial charge on any atom is -0.326 e. The molecule has 0 fully saturated rings. The largest absolute Gasteiger partial charge is 0.326 e. The van der Waals surface area contributed by atoms with Gasteiger partial charge in [0.05, 0.1) is 5.69 Å². The summed E-state index contributed by atoms with van der Waals surface area (Å²) in [6.07, 6.45) is 0. The molecule has 5 heteroatoms. The predicted molar refractivity (Wildman–Crippen MR) is 65.1 cm³/mol. The molecule has 0 aliphatic carbocycles. The molecule has 2 nitrogen and oxygen atoms in total. The van der Waals surface area contributed by atoms with Gasteiger partial charge < -0.3 is 5.73 Å². The Labute approximate surface area is 102 Å². The van der Waals surface area contributed by atoms with Gasteiger partial charge in [0.2, 0.25) is 0 Å². The third-order valence-corrected chi connectivity index (χ3v) is 3.69. The Morgan fingerprint density at radius 3 is 2.81 bits per heavy atom. The molecule has 2 aromatic rings. The lowest BCUT2D eigenvalue weighted by atomic mass is 10.2. The summed E-state index contributed by atoms with van der Waals surface area (Å²) in [4.78, 5) is 5.27. The molecule has 2 rings (SSSR count). The molecule has 16 heavy (non-hydrogen) atoms. The molecular weight excluding hydrogens is 247 g/mol. The first-order valence-electron chi connectivity index (χ1n) is 4.73. The molecule has 0 spiro atoms. The Kier molecular flexibility index (Phi) is 3.23. The fraction of sp³-hybridized carbons (Fsp3) is 0.182. The maximum Gasteiger partial charge on any atom is 0.134 e. The van der Waals surface area contributed by atoms with Gasteiger partial charge in [-0.2, -0.15) is 0 Å². The molecule has 84 valence electrons. The van der Waals surface area contributed by atoms with Gasteiger partial charge in [0.1, 0.15) is 10.8 Å². The van der Waals surface area contributed by atoms with Crippen molar-refractivity contribution < 1.29 is 4.39 Å². The topological polar surface area (TPSA) is 38.9 Å². The minimum atomic E-state index is -0.357. The Morgan fingerprint density at radius 1 is 1.50 bits per heavy atom. The van der Waals surface area contributed by atoms with Gasteiger partial charge in [-0.3, -0.25) is 0 Å². The summed E-state index contributed by atoms with van der Waals surface area (Å²) in [5, 5.41) is 1.03. The zero-order valence-electron chi connectivity index (χ0n) is 8.63. The molecule has 1 aromatic carbocycles. The molecule has 0 bridgehead atoms. The highest BCUT2D eigenvalue weighted by Crippen LogP contribution is 2.30. The summed E-state index contributed by atoms with van der Waals surface area (Å²) >= 11 is 7.10. The zero-order valence-corrected chi connectivity index (χ0v) is 10.2. The number of thiazole rings is 1. The van der Waals surface area contributed by atoms with Gasteiger partial charge >= 0.3 is 0 Å². The number of benzene rings is 1. The molecule has 1 heterocycles. The van der Waals surface area contributed by atoms with Crippen molar-refractivity contribution in [1.29, 1.82) is 0 Å². The molecule has 0 radical (unpaired) electrons. The van der Waals surface area contributed by atoms with E-state index in [9.17, 15) is 4.39 Å². The second-order valence-corrected chi connectivity index (χ2v) is 4.88. The fourth-order valence-electron chi connectivity index (χ4n) is 1.40. The van der Waals surface area contributed by atoms with Crippen molar-refractivity contribution in [2.24, 2.45) is 5.73 Å². The van der Waals surface area contributed by atoms with Crippen LogP contribution in [0.3, 0.4) is 0 Å². The van der Waals surface area contributed by atoms with Crippen LogP contribution in [-0.2, 0) is 6.54 Å². The van der Waals surface area contributed by atoms with E-state index in [1.54, 1.807) is 12.1 Å². The van der Waals surface area contributed by atoms with Crippen molar-refractivity contribution in [1.82, 2.24) is 4.98 Å². The Hall–Kier alpha value is -0.970. The molecule has 0 amide bonds. The molecule has 0 atom stereocenters. The van der Waals surface area contributed by atoms with Crippen molar-refractivity contribution in [3.8, 4) is 10.6 Å². The second kappa shape index (κ2) is 4.49. The number of hydrogen-bond donors (Lipinski definition) is 1. The first-order chi connectivity index (χ1) is 7.61. The van der Waals surface area contributed by atoms with E-state index in [-0.39, 0.29) is 5.82 Å². The average molecular weight is 257 g/mol. The number of halogens is 2. The van der Waals surface area contributed by atoms with Crippen molar-refractivity contribution in [2.45, 2.75) is 13.5 Å². The summed E-state index contributed by atoms with van der Waals surface area (Å²) in [5.74, 6) is -0.357. The van der Waals surface area contributed by atoms with E-state index in [4.69, 9.17) is 17.3 Å². The lowest BCUT2D eigenvalue weighted by Gasteiger charge is -1.98. The van der Waals surface area contributed by atoms with Crippen LogP contribution in [0.1, 0.15) is 10.6 Å². The van der Waals surface area contributed by atoms with Gasteiger partial charge in [-0.1, -0.05) is 11.6 Å². The fourth-order valence-corrected chi connectivity index (χ4v) is 2.52. The van der Waals surface area contributed by atoms with E-state index in [0.717, 1.165) is 10.6 Å². The van der Waals surface area contributed by atoms with Crippen molar-refractivity contribution >= 4 is 22.9 Å². The molecule has 0 saturated carbocycles. The van der Waals surface area contributed by atoms with Gasteiger partial charge in [0.15, 0.2) is 0 Å². The molecule has 0 aliphatic heterocycles. The van der Waals surface area contributed by atoms with Gasteiger partial charge in [-0.15, -0.1) is 11.3 Å². The van der Waals surface area contributed by atoms with E-state index in [1.807, 2.05) is 6.92 Å². The van der Waals surface area contributed by atoms with Crippen LogP contribution in [0.15, 0.2) is 18.2 Å². The van der Waals surface area contributed by atoms with Crippen LogP contribution in [0.2, 0.25) is 5.02 Å². The van der Waals surface area contributed by atoms with E-state index < -0.39 is 0 Å². The third-order valence-electron chi connectivity index (χ3n) is 2.24. The minimum absolute atomic E-state index is 0.357. The van der Waals surface area contributed by atoms with Crippen LogP contribution in [0.25, 0.3) is 10.6 Å². The molecular formula is C11H10ClFN2S. The smallest absolute Gasteiger partial charge is 0.134 e. The maximum atomic E-state index is 13.6. The summed E-state index contributed by atoms with van der Waals surface area (Å²) in [6.45, 7) is 2.30. The lowest BCUT2D eigenvalue weighted by molar-refractivity contribution is 0.631. The van der Waals surface area contributed by atoms with Gasteiger partial charge in [0.25, 0.3) is 0 Å². The summed E-state index contributed by atoms with van der Waals surface area (Å²) in [5.41, 5.74) is 6.89. The number of nitrogens with zero attached hydrogens (tertiary/aromatic N) is 1. The normalized spacial score (nSPS) is 10.8. The van der Waals surface area contributed by atoms with Crippen LogP contribution in [0, 0.1) is 12.7 Å². The van der Waals surface area contributed by atoms with Crippen molar-refractivity contribution in [2.75, 3.05) is 0 Å². The number of aryl methyl sites for hydroxylation is 1. The van der Waals surface area contributed by atoms with Gasteiger partial charge in [0, 0.05) is 22.0 Å². The maximum absolute atomic E-state index is 13.6. The standard InChI is InChI=1S/C11H10ClFN2S/c1-6-10(5-14)16-11(15-6)8-3-2-7(12)4-9(8)13/h2-4H,5,14H2,1H3. The van der Waals surface area contributed by atoms with Crippen LogP contribution >= 0.6 is 22.9 Å². The lowest BCUT2D eigenvalue weighted by Crippen LogP contribution is -1.94. The Bertz CT molecular complexity index is 525. The van der Waals surface area contributed by atoms with E-state index >= 15 is 0 Å². The highest BCUT2D eigenvalue weighted by molar-refractivity contribution is 7.15. The summed E-state index contributed by atoms with van der Waals surface area (Å²) < 4.78 is 13.6. The number of nitrogens with two attached hydrogens (primary N) is 1. The van der Waals surface area contributed by atoms with Gasteiger partial charge in [-0.05, 0) is 25.1 Å². The zero-order chi connectivity index (χ0) is 11.7. The Morgan fingerprint density at radius 2 is 2.25 bits per heavy atom. The summed E-state index contributed by atoms with van der Waals surface area (Å²) in [7, 11) is 0. The van der Waals surface area contributed by atoms with Crippen LogP contribution in [0.4, 0.5) is 4.39 Å². The number of hydrogen-bond acceptors (Lipinski definition) is 3. The number of rotatable bonds is 2. The average Bonchev–Trinajstić information content (AvgIpc) is 2.59. The molecule has 0 unspecified atom stereocenters. The first-order valence-corrected chi connectivity index (χ1v) is 5.93. The third kappa shape index (κ3) is 2.09. The van der Waals surface area contributed by atoms with E-state index in [1.165, 1.54) is 17.4 Å². The van der Waals surface area contributed by atoms with Gasteiger partial charge in [-0.25, -0.2) is 9.37 Å². The molecule has 0 saturated heterocycles. The van der Waals surface area contributed by atoms with Crippen LogP contribution in [-0.4, -0.2) is 4.98 Å². The van der Waals surface area contributed by atoms with Crippen molar-refractivity contribution in [3.05, 3.63) is 39.6 Å². The quantitative estimate of drug-likeness (QED) is 0.895. The predicted octanol–water partition coefficient (Wildman–Crippen LogP) is 3.37. The van der Waals surface area contributed by atoms with E-state index in [0.29, 0.717) is 22.1 Å². The second-order valence-electron chi connectivity index (χ2n) is 3.36.